The smallest absolute Gasteiger partial charge is 0.257 e. The highest BCUT2D eigenvalue weighted by Gasteiger charge is 2.14. The summed E-state index contributed by atoms with van der Waals surface area (Å²) >= 11 is 12.0. The van der Waals surface area contributed by atoms with Crippen LogP contribution < -0.4 is 10.6 Å². The van der Waals surface area contributed by atoms with Gasteiger partial charge in [0.2, 0.25) is 0 Å². The van der Waals surface area contributed by atoms with E-state index in [2.05, 4.69) is 15.6 Å². The minimum Gasteiger partial charge on any atom is -0.349 e. The third-order valence-corrected chi connectivity index (χ3v) is 4.06. The number of carbonyl (C=O) groups is 1. The number of hydrogen-bond donors (Lipinski definition) is 2. The van der Waals surface area contributed by atoms with Gasteiger partial charge in [0.1, 0.15) is 17.3 Å². The van der Waals surface area contributed by atoms with Gasteiger partial charge in [-0.15, -0.1) is 0 Å². The number of pyridine rings is 1. The number of nitrogens with one attached hydrogen (secondary N) is 2. The standard InChI is InChI=1S/C18H11Cl2F2N3O/c19-12-3-1-4-13(20)16(12)25-18(26)10-7-11(9-23-8-10)24-17-14(21)5-2-6-15(17)22/h1-9,24H,(H,25,26). The van der Waals surface area contributed by atoms with E-state index in [4.69, 9.17) is 23.2 Å². The normalized spacial score (nSPS) is 10.5. The number of nitrogens with zero attached hydrogens (tertiary/aromatic N) is 1. The van der Waals surface area contributed by atoms with Gasteiger partial charge in [0.05, 0.1) is 33.2 Å². The van der Waals surface area contributed by atoms with Gasteiger partial charge >= 0.3 is 0 Å². The molecule has 132 valence electrons. The van der Waals surface area contributed by atoms with Crippen molar-refractivity contribution >= 4 is 46.2 Å². The number of halogens is 4. The van der Waals surface area contributed by atoms with Crippen LogP contribution in [0.3, 0.4) is 0 Å². The van der Waals surface area contributed by atoms with Crippen LogP contribution >= 0.6 is 23.2 Å². The third-order valence-electron chi connectivity index (χ3n) is 3.43. The van der Waals surface area contributed by atoms with Gasteiger partial charge in [-0.05, 0) is 30.3 Å². The molecule has 0 unspecified atom stereocenters. The molecule has 3 aromatic rings. The molecule has 0 spiro atoms. The molecule has 2 aromatic carbocycles. The molecule has 1 aromatic heterocycles. The maximum absolute atomic E-state index is 13.7. The Morgan fingerprint density at radius 1 is 0.923 bits per heavy atom. The summed E-state index contributed by atoms with van der Waals surface area (Å²) in [5.74, 6) is -2.05. The number of hydrogen-bond acceptors (Lipinski definition) is 3. The summed E-state index contributed by atoms with van der Waals surface area (Å²) in [7, 11) is 0. The Kier molecular flexibility index (Phi) is 5.35. The van der Waals surface area contributed by atoms with E-state index in [-0.39, 0.29) is 32.7 Å². The molecule has 26 heavy (non-hydrogen) atoms. The molecule has 0 saturated carbocycles. The van der Waals surface area contributed by atoms with Gasteiger partial charge in [-0.2, -0.15) is 0 Å². The number of anilines is 3. The largest absolute Gasteiger partial charge is 0.349 e. The van der Waals surface area contributed by atoms with Crippen molar-refractivity contribution in [2.75, 3.05) is 10.6 Å². The second-order valence-electron chi connectivity index (χ2n) is 5.23. The lowest BCUT2D eigenvalue weighted by atomic mass is 10.2. The Morgan fingerprint density at radius 2 is 1.54 bits per heavy atom. The minimum absolute atomic E-state index is 0.155. The predicted octanol–water partition coefficient (Wildman–Crippen LogP) is 5.66. The van der Waals surface area contributed by atoms with E-state index in [1.165, 1.54) is 24.5 Å². The van der Waals surface area contributed by atoms with Gasteiger partial charge in [-0.25, -0.2) is 8.78 Å². The van der Waals surface area contributed by atoms with Gasteiger partial charge in [-0.1, -0.05) is 35.3 Å². The van der Waals surface area contributed by atoms with Crippen LogP contribution in [0.4, 0.5) is 25.8 Å². The van der Waals surface area contributed by atoms with Crippen molar-refractivity contribution in [1.82, 2.24) is 4.98 Å². The number of para-hydroxylation sites is 2. The van der Waals surface area contributed by atoms with E-state index in [1.54, 1.807) is 18.2 Å². The Hall–Kier alpha value is -2.70. The Labute approximate surface area is 157 Å². The molecule has 4 nitrogen and oxygen atoms in total. The summed E-state index contributed by atoms with van der Waals surface area (Å²) in [6.45, 7) is 0. The average molecular weight is 394 g/mol. The van der Waals surface area contributed by atoms with Crippen LogP contribution in [0.1, 0.15) is 10.4 Å². The Bertz CT molecular complexity index is 942. The van der Waals surface area contributed by atoms with Crippen molar-refractivity contribution in [3.8, 4) is 0 Å². The SMILES string of the molecule is O=C(Nc1c(Cl)cccc1Cl)c1cncc(Nc2c(F)cccc2F)c1. The number of rotatable bonds is 4. The highest BCUT2D eigenvalue weighted by atomic mass is 35.5. The van der Waals surface area contributed by atoms with Gasteiger partial charge in [0.15, 0.2) is 0 Å². The van der Waals surface area contributed by atoms with Gasteiger partial charge in [0.25, 0.3) is 5.91 Å². The summed E-state index contributed by atoms with van der Waals surface area (Å²) in [5.41, 5.74) is 0.329. The number of aromatic nitrogens is 1. The van der Waals surface area contributed by atoms with Gasteiger partial charge in [-0.3, -0.25) is 9.78 Å². The molecular weight excluding hydrogens is 383 g/mol. The fraction of sp³-hybridized carbons (Fsp3) is 0. The fourth-order valence-corrected chi connectivity index (χ4v) is 2.69. The molecule has 1 amide bonds. The lowest BCUT2D eigenvalue weighted by Crippen LogP contribution is -2.13. The van der Waals surface area contributed by atoms with Crippen molar-refractivity contribution in [2.45, 2.75) is 0 Å². The van der Waals surface area contributed by atoms with E-state index < -0.39 is 17.5 Å². The lowest BCUT2D eigenvalue weighted by molar-refractivity contribution is 0.102. The number of carbonyl (C=O) groups excluding carboxylic acids is 1. The maximum Gasteiger partial charge on any atom is 0.257 e. The Balaban J connectivity index is 1.84. The van der Waals surface area contributed by atoms with Crippen molar-refractivity contribution in [1.29, 1.82) is 0 Å². The molecule has 8 heteroatoms. The molecule has 2 N–H and O–H groups in total. The summed E-state index contributed by atoms with van der Waals surface area (Å²) < 4.78 is 27.5. The molecule has 0 bridgehead atoms. The molecule has 0 atom stereocenters. The quantitative estimate of drug-likeness (QED) is 0.600. The maximum atomic E-state index is 13.7. The van der Waals surface area contributed by atoms with E-state index in [9.17, 15) is 13.6 Å². The van der Waals surface area contributed by atoms with Crippen molar-refractivity contribution in [3.63, 3.8) is 0 Å². The van der Waals surface area contributed by atoms with Crippen LogP contribution in [-0.4, -0.2) is 10.9 Å². The van der Waals surface area contributed by atoms with Crippen LogP contribution in [-0.2, 0) is 0 Å². The summed E-state index contributed by atoms with van der Waals surface area (Å²) in [6.07, 6.45) is 2.65. The first-order valence-corrected chi connectivity index (χ1v) is 8.13. The van der Waals surface area contributed by atoms with Gasteiger partial charge in [0, 0.05) is 6.20 Å². The lowest BCUT2D eigenvalue weighted by Gasteiger charge is -2.11. The molecule has 0 radical (unpaired) electrons. The first-order chi connectivity index (χ1) is 12.5. The number of benzene rings is 2. The topological polar surface area (TPSA) is 54.0 Å². The molecular formula is C18H11Cl2F2N3O. The van der Waals surface area contributed by atoms with Crippen molar-refractivity contribution in [3.05, 3.63) is 82.1 Å². The first-order valence-electron chi connectivity index (χ1n) is 7.37. The monoisotopic (exact) mass is 393 g/mol. The summed E-state index contributed by atoms with van der Waals surface area (Å²) in [4.78, 5) is 16.3. The summed E-state index contributed by atoms with van der Waals surface area (Å²) in [6, 6.07) is 9.71. The van der Waals surface area contributed by atoms with Gasteiger partial charge < -0.3 is 10.6 Å². The van der Waals surface area contributed by atoms with Crippen molar-refractivity contribution in [2.24, 2.45) is 0 Å². The predicted molar refractivity (Wildman–Crippen MR) is 98.3 cm³/mol. The average Bonchev–Trinajstić information content (AvgIpc) is 2.62. The first kappa shape index (κ1) is 18.1. The van der Waals surface area contributed by atoms with Crippen LogP contribution in [0.25, 0.3) is 0 Å². The Morgan fingerprint density at radius 3 is 2.19 bits per heavy atom. The zero-order chi connectivity index (χ0) is 18.7. The number of amides is 1. The van der Waals surface area contributed by atoms with E-state index >= 15 is 0 Å². The van der Waals surface area contributed by atoms with Crippen LogP contribution in [0.5, 0.6) is 0 Å². The van der Waals surface area contributed by atoms with E-state index in [0.717, 1.165) is 12.1 Å². The van der Waals surface area contributed by atoms with Crippen LogP contribution in [0.15, 0.2) is 54.9 Å². The van der Waals surface area contributed by atoms with Crippen molar-refractivity contribution < 1.29 is 13.6 Å². The van der Waals surface area contributed by atoms with Crippen LogP contribution in [0, 0.1) is 11.6 Å². The second-order valence-corrected chi connectivity index (χ2v) is 6.05. The minimum atomic E-state index is -0.761. The third kappa shape index (κ3) is 3.92. The van der Waals surface area contributed by atoms with E-state index in [1.807, 2.05) is 0 Å². The molecule has 3 rings (SSSR count). The molecule has 0 fully saturated rings. The highest BCUT2D eigenvalue weighted by molar-refractivity contribution is 6.40. The summed E-state index contributed by atoms with van der Waals surface area (Å²) in [5, 5.41) is 5.73. The molecule has 1 heterocycles. The molecule has 0 aliphatic heterocycles. The van der Waals surface area contributed by atoms with E-state index in [0.29, 0.717) is 0 Å². The fourth-order valence-electron chi connectivity index (χ4n) is 2.20. The van der Waals surface area contributed by atoms with Crippen LogP contribution in [0.2, 0.25) is 10.0 Å². The highest BCUT2D eigenvalue weighted by Crippen LogP contribution is 2.30. The zero-order valence-electron chi connectivity index (χ0n) is 13.1. The molecule has 0 saturated heterocycles. The zero-order valence-corrected chi connectivity index (χ0v) is 14.6. The molecule has 0 aliphatic rings. The molecule has 0 aliphatic carbocycles. The second kappa shape index (κ2) is 7.68.